The molecule has 1 aromatic heterocycles. The van der Waals surface area contributed by atoms with Crippen LogP contribution in [0.5, 0.6) is 0 Å². The van der Waals surface area contributed by atoms with Gasteiger partial charge >= 0.3 is 0 Å². The Morgan fingerprint density at radius 3 is 2.28 bits per heavy atom. The molecule has 0 aliphatic carbocycles. The van der Waals surface area contributed by atoms with Crippen molar-refractivity contribution in [3.05, 3.63) is 70.1 Å². The Morgan fingerprint density at radius 1 is 1.07 bits per heavy atom. The number of halogens is 1. The highest BCUT2D eigenvalue weighted by Gasteiger charge is 2.19. The first-order chi connectivity index (χ1) is 13.3. The summed E-state index contributed by atoms with van der Waals surface area (Å²) in [5.41, 5.74) is 9.33. The van der Waals surface area contributed by atoms with Crippen molar-refractivity contribution in [3.8, 4) is 11.1 Å². The highest BCUT2D eigenvalue weighted by atomic mass is 35.5. The molecule has 2 N–H and O–H groups in total. The normalized spacial score (nSPS) is 10.8. The smallest absolute Gasteiger partial charge is 0.258 e. The molecule has 0 radical (unpaired) electrons. The second kappa shape index (κ2) is 9.25. The van der Waals surface area contributed by atoms with Crippen LogP contribution in [0.15, 0.2) is 53.3 Å². The molecule has 0 unspecified atom stereocenters. The van der Waals surface area contributed by atoms with E-state index in [1.165, 1.54) is 4.90 Å². The first kappa shape index (κ1) is 22.7. The van der Waals surface area contributed by atoms with Gasteiger partial charge in [-0.1, -0.05) is 44.2 Å². The number of hydrogen-bond acceptors (Lipinski definition) is 3. The van der Waals surface area contributed by atoms with Gasteiger partial charge < -0.3 is 15.2 Å². The van der Waals surface area contributed by atoms with Gasteiger partial charge in [0.2, 0.25) is 0 Å². The Morgan fingerprint density at radius 2 is 1.72 bits per heavy atom. The van der Waals surface area contributed by atoms with Crippen molar-refractivity contribution in [2.24, 2.45) is 11.7 Å². The van der Waals surface area contributed by atoms with Crippen molar-refractivity contribution in [3.63, 3.8) is 0 Å². The predicted molar refractivity (Wildman–Crippen MR) is 122 cm³/mol. The number of pyridine rings is 1. The van der Waals surface area contributed by atoms with E-state index in [0.717, 1.165) is 22.2 Å². The molecule has 2 aromatic carbocycles. The first-order valence-corrected chi connectivity index (χ1v) is 9.51. The Bertz CT molecular complexity index is 1070. The molecule has 0 spiro atoms. The Hall–Kier alpha value is -2.63. The zero-order valence-electron chi connectivity index (χ0n) is 17.3. The second-order valence-corrected chi connectivity index (χ2v) is 7.66. The van der Waals surface area contributed by atoms with Gasteiger partial charge in [-0.3, -0.25) is 9.59 Å². The van der Waals surface area contributed by atoms with Crippen molar-refractivity contribution >= 4 is 29.1 Å². The summed E-state index contributed by atoms with van der Waals surface area (Å²) in [5, 5.41) is 1.37. The summed E-state index contributed by atoms with van der Waals surface area (Å²) in [6.07, 6.45) is 0. The molecule has 0 saturated heterocycles. The number of carbonyl (C=O) groups is 1. The lowest BCUT2D eigenvalue weighted by molar-refractivity contribution is 0.0828. The van der Waals surface area contributed by atoms with Gasteiger partial charge in [0.1, 0.15) is 0 Å². The standard InChI is InChI=1S/C23H27N3O2.ClH/c1-15(2)14-26-20(13-24)21(16-8-6-5-7-9-16)19-12-17(22(27)25(3)4)10-11-18(19)23(26)28;/h5-12,15H,13-14,24H2,1-4H3;1H. The van der Waals surface area contributed by atoms with E-state index in [4.69, 9.17) is 5.73 Å². The average molecular weight is 414 g/mol. The van der Waals surface area contributed by atoms with Crippen molar-refractivity contribution < 1.29 is 4.79 Å². The molecule has 1 heterocycles. The lowest BCUT2D eigenvalue weighted by atomic mass is 9.94. The van der Waals surface area contributed by atoms with Crippen LogP contribution in [-0.4, -0.2) is 29.5 Å². The molecule has 3 rings (SSSR count). The van der Waals surface area contributed by atoms with E-state index in [2.05, 4.69) is 13.8 Å². The number of nitrogens with two attached hydrogens (primary N) is 1. The monoisotopic (exact) mass is 413 g/mol. The lowest BCUT2D eigenvalue weighted by Crippen LogP contribution is -2.28. The summed E-state index contributed by atoms with van der Waals surface area (Å²) in [5.74, 6) is 0.209. The van der Waals surface area contributed by atoms with E-state index in [1.54, 1.807) is 30.8 Å². The number of aromatic nitrogens is 1. The minimum absolute atomic E-state index is 0. The van der Waals surface area contributed by atoms with Crippen LogP contribution in [0, 0.1) is 5.92 Å². The summed E-state index contributed by atoms with van der Waals surface area (Å²) in [6, 6.07) is 15.2. The molecule has 3 aromatic rings. The summed E-state index contributed by atoms with van der Waals surface area (Å²) in [6.45, 7) is 5.00. The summed E-state index contributed by atoms with van der Waals surface area (Å²) < 4.78 is 1.79. The Labute approximate surface area is 177 Å². The molecule has 6 heteroatoms. The lowest BCUT2D eigenvalue weighted by Gasteiger charge is -2.21. The molecular weight excluding hydrogens is 386 g/mol. The molecule has 5 nitrogen and oxygen atoms in total. The van der Waals surface area contributed by atoms with Crippen LogP contribution in [0.2, 0.25) is 0 Å². The van der Waals surface area contributed by atoms with Crippen LogP contribution < -0.4 is 11.3 Å². The van der Waals surface area contributed by atoms with Gasteiger partial charge in [0.05, 0.1) is 0 Å². The van der Waals surface area contributed by atoms with Gasteiger partial charge in [-0.15, -0.1) is 12.4 Å². The maximum Gasteiger partial charge on any atom is 0.258 e. The number of rotatable bonds is 5. The van der Waals surface area contributed by atoms with Crippen molar-refractivity contribution in [2.45, 2.75) is 26.9 Å². The van der Waals surface area contributed by atoms with Gasteiger partial charge in [0.25, 0.3) is 11.5 Å². The summed E-state index contributed by atoms with van der Waals surface area (Å²) >= 11 is 0. The van der Waals surface area contributed by atoms with Gasteiger partial charge in [0, 0.05) is 49.4 Å². The highest BCUT2D eigenvalue weighted by molar-refractivity contribution is 6.03. The number of benzene rings is 2. The zero-order chi connectivity index (χ0) is 20.4. The van der Waals surface area contributed by atoms with Crippen LogP contribution in [0.3, 0.4) is 0 Å². The molecule has 0 saturated carbocycles. The minimum atomic E-state index is -0.0958. The van der Waals surface area contributed by atoms with Gasteiger partial charge in [0.15, 0.2) is 0 Å². The maximum atomic E-state index is 13.3. The van der Waals surface area contributed by atoms with Crippen molar-refractivity contribution in [2.75, 3.05) is 14.1 Å². The molecule has 1 amide bonds. The zero-order valence-corrected chi connectivity index (χ0v) is 18.1. The molecule has 29 heavy (non-hydrogen) atoms. The van der Waals surface area contributed by atoms with Gasteiger partial charge in [-0.25, -0.2) is 0 Å². The third-order valence-corrected chi connectivity index (χ3v) is 4.84. The molecule has 0 atom stereocenters. The molecule has 154 valence electrons. The van der Waals surface area contributed by atoms with Crippen molar-refractivity contribution in [1.82, 2.24) is 9.47 Å². The Balaban J connectivity index is 0.00000300. The van der Waals surface area contributed by atoms with E-state index < -0.39 is 0 Å². The fourth-order valence-corrected chi connectivity index (χ4v) is 3.58. The van der Waals surface area contributed by atoms with E-state index in [0.29, 0.717) is 23.4 Å². The molecular formula is C23H28ClN3O2. The molecule has 0 fully saturated rings. The fraction of sp³-hybridized carbons (Fsp3) is 0.304. The largest absolute Gasteiger partial charge is 0.345 e. The number of fused-ring (bicyclic) bond motifs is 1. The van der Waals surface area contributed by atoms with Crippen LogP contribution in [0.1, 0.15) is 29.9 Å². The Kier molecular flexibility index (Phi) is 7.22. The van der Waals surface area contributed by atoms with E-state index in [1.807, 2.05) is 36.4 Å². The van der Waals surface area contributed by atoms with Gasteiger partial charge in [-0.05, 0) is 35.1 Å². The SMILES string of the molecule is CC(C)Cn1c(CN)c(-c2ccccc2)c2cc(C(=O)N(C)C)ccc2c1=O.Cl. The van der Waals surface area contributed by atoms with Crippen LogP contribution in [0.25, 0.3) is 21.9 Å². The third kappa shape index (κ3) is 4.36. The maximum absolute atomic E-state index is 13.3. The van der Waals surface area contributed by atoms with E-state index in [-0.39, 0.29) is 30.4 Å². The molecule has 0 bridgehead atoms. The minimum Gasteiger partial charge on any atom is -0.345 e. The molecule has 0 aliphatic rings. The van der Waals surface area contributed by atoms with Crippen molar-refractivity contribution in [1.29, 1.82) is 0 Å². The van der Waals surface area contributed by atoms with Crippen LogP contribution in [-0.2, 0) is 13.1 Å². The van der Waals surface area contributed by atoms with E-state index in [9.17, 15) is 9.59 Å². The van der Waals surface area contributed by atoms with Crippen LogP contribution in [0.4, 0.5) is 0 Å². The number of nitrogens with zero attached hydrogens (tertiary/aromatic N) is 2. The quantitative estimate of drug-likeness (QED) is 0.689. The third-order valence-electron chi connectivity index (χ3n) is 4.84. The van der Waals surface area contributed by atoms with E-state index >= 15 is 0 Å². The summed E-state index contributed by atoms with van der Waals surface area (Å²) in [7, 11) is 3.44. The highest BCUT2D eigenvalue weighted by Crippen LogP contribution is 2.31. The molecule has 0 aliphatic heterocycles. The predicted octanol–water partition coefficient (Wildman–Crippen LogP) is 3.91. The number of amides is 1. The average Bonchev–Trinajstić information content (AvgIpc) is 2.69. The topological polar surface area (TPSA) is 68.3 Å². The summed E-state index contributed by atoms with van der Waals surface area (Å²) in [4.78, 5) is 27.3. The number of hydrogen-bond donors (Lipinski definition) is 1. The first-order valence-electron chi connectivity index (χ1n) is 9.51. The number of carbonyl (C=O) groups excluding carboxylic acids is 1. The second-order valence-electron chi connectivity index (χ2n) is 7.66. The van der Waals surface area contributed by atoms with Gasteiger partial charge in [-0.2, -0.15) is 0 Å². The van der Waals surface area contributed by atoms with Crippen LogP contribution >= 0.6 is 12.4 Å². The fourth-order valence-electron chi connectivity index (χ4n) is 3.58.